The lowest BCUT2D eigenvalue weighted by Gasteiger charge is -2.10. The number of nitrogens with zero attached hydrogens (tertiary/aromatic N) is 3. The fraction of sp³-hybridized carbons (Fsp3) is 0. The van der Waals surface area contributed by atoms with Crippen LogP contribution in [-0.2, 0) is 0 Å². The van der Waals surface area contributed by atoms with E-state index >= 15 is 0 Å². The van der Waals surface area contributed by atoms with Gasteiger partial charge in [0, 0.05) is 20.3 Å². The van der Waals surface area contributed by atoms with Crippen molar-refractivity contribution in [2.45, 2.75) is 0 Å². The van der Waals surface area contributed by atoms with Gasteiger partial charge in [0.15, 0.2) is 17.5 Å². The second-order valence-electron chi connectivity index (χ2n) is 7.94. The molecule has 0 atom stereocenters. The third kappa shape index (κ3) is 3.98. The molecule has 1 aromatic heterocycles. The van der Waals surface area contributed by atoms with E-state index in [0.717, 1.165) is 16.7 Å². The van der Waals surface area contributed by atoms with Crippen molar-refractivity contribution in [3.8, 4) is 34.2 Å². The van der Waals surface area contributed by atoms with E-state index < -0.39 is 0 Å². The highest BCUT2D eigenvalue weighted by Gasteiger charge is 2.13. The highest BCUT2D eigenvalue weighted by atomic mass is 127. The number of fused-ring (bicyclic) bond motifs is 2. The Bertz CT molecular complexity index is 1530. The summed E-state index contributed by atoms with van der Waals surface area (Å²) in [5.74, 6) is 2.02. The van der Waals surface area contributed by atoms with Crippen molar-refractivity contribution < 1.29 is 0 Å². The van der Waals surface area contributed by atoms with Crippen molar-refractivity contribution in [1.82, 2.24) is 15.0 Å². The molecule has 0 saturated carbocycles. The fourth-order valence-electron chi connectivity index (χ4n) is 4.02. The van der Waals surface area contributed by atoms with E-state index in [0.29, 0.717) is 17.5 Å². The standard InChI is InChI=1S/C29H18IN3/c30-26-15-13-21(14-16-26)27-31-28(24-11-9-19-5-1-3-7-22(19)17-24)33-29(32-27)25-12-10-20-6-2-4-8-23(20)18-25/h1-18H. The Morgan fingerprint density at radius 3 is 1.27 bits per heavy atom. The van der Waals surface area contributed by atoms with Crippen LogP contribution in [0.25, 0.3) is 55.7 Å². The fourth-order valence-corrected chi connectivity index (χ4v) is 4.38. The molecule has 0 spiro atoms. The number of benzene rings is 5. The third-order valence-electron chi connectivity index (χ3n) is 5.75. The van der Waals surface area contributed by atoms with Gasteiger partial charge in [0.2, 0.25) is 0 Å². The van der Waals surface area contributed by atoms with Crippen LogP contribution in [0.5, 0.6) is 0 Å². The van der Waals surface area contributed by atoms with Gasteiger partial charge in [0.05, 0.1) is 0 Å². The maximum Gasteiger partial charge on any atom is 0.164 e. The lowest BCUT2D eigenvalue weighted by Crippen LogP contribution is -2.00. The van der Waals surface area contributed by atoms with Gasteiger partial charge in [0.25, 0.3) is 0 Å². The second kappa shape index (κ2) is 8.37. The summed E-state index contributed by atoms with van der Waals surface area (Å²) in [6.07, 6.45) is 0. The Labute approximate surface area is 205 Å². The van der Waals surface area contributed by atoms with Crippen molar-refractivity contribution in [2.75, 3.05) is 0 Å². The van der Waals surface area contributed by atoms with Gasteiger partial charge in [-0.1, -0.05) is 84.9 Å². The maximum atomic E-state index is 4.91. The van der Waals surface area contributed by atoms with E-state index in [4.69, 9.17) is 15.0 Å². The van der Waals surface area contributed by atoms with Crippen molar-refractivity contribution in [3.63, 3.8) is 0 Å². The minimum absolute atomic E-state index is 0.674. The van der Waals surface area contributed by atoms with Crippen LogP contribution in [0.15, 0.2) is 109 Å². The first kappa shape index (κ1) is 20.0. The second-order valence-corrected chi connectivity index (χ2v) is 9.18. The molecule has 0 N–H and O–H groups in total. The maximum absolute atomic E-state index is 4.91. The molecule has 6 rings (SSSR count). The number of halogens is 1. The summed E-state index contributed by atoms with van der Waals surface area (Å²) in [5.41, 5.74) is 2.93. The molecule has 0 aliphatic carbocycles. The van der Waals surface area contributed by atoms with Crippen LogP contribution in [-0.4, -0.2) is 15.0 Å². The van der Waals surface area contributed by atoms with E-state index in [9.17, 15) is 0 Å². The summed E-state index contributed by atoms with van der Waals surface area (Å²) >= 11 is 2.31. The quantitative estimate of drug-likeness (QED) is 0.217. The minimum Gasteiger partial charge on any atom is -0.208 e. The monoisotopic (exact) mass is 535 g/mol. The molecule has 0 aliphatic heterocycles. The van der Waals surface area contributed by atoms with Crippen LogP contribution in [0.2, 0.25) is 0 Å². The summed E-state index contributed by atoms with van der Waals surface area (Å²) in [5, 5.41) is 4.72. The normalized spacial score (nSPS) is 11.2. The smallest absolute Gasteiger partial charge is 0.164 e. The molecule has 4 heteroatoms. The lowest BCUT2D eigenvalue weighted by atomic mass is 10.1. The van der Waals surface area contributed by atoms with Crippen molar-refractivity contribution in [3.05, 3.63) is 113 Å². The van der Waals surface area contributed by atoms with Gasteiger partial charge in [-0.25, -0.2) is 15.0 Å². The van der Waals surface area contributed by atoms with Crippen LogP contribution in [0.1, 0.15) is 0 Å². The van der Waals surface area contributed by atoms with Crippen LogP contribution >= 0.6 is 22.6 Å². The molecule has 3 nitrogen and oxygen atoms in total. The molecule has 0 amide bonds. The zero-order valence-corrected chi connectivity index (χ0v) is 19.8. The highest BCUT2D eigenvalue weighted by Crippen LogP contribution is 2.28. The van der Waals surface area contributed by atoms with Gasteiger partial charge in [-0.2, -0.15) is 0 Å². The zero-order chi connectivity index (χ0) is 22.2. The summed E-state index contributed by atoms with van der Waals surface area (Å²) < 4.78 is 1.18. The van der Waals surface area contributed by atoms with Crippen molar-refractivity contribution in [1.29, 1.82) is 0 Å². The molecule has 0 unspecified atom stereocenters. The van der Waals surface area contributed by atoms with Crippen molar-refractivity contribution >= 4 is 44.1 Å². The number of hydrogen-bond acceptors (Lipinski definition) is 3. The topological polar surface area (TPSA) is 38.7 Å². The van der Waals surface area contributed by atoms with Crippen molar-refractivity contribution in [2.24, 2.45) is 0 Å². The van der Waals surface area contributed by atoms with Gasteiger partial charge in [-0.05, 0) is 68.4 Å². The minimum atomic E-state index is 0.674. The summed E-state index contributed by atoms with van der Waals surface area (Å²) in [4.78, 5) is 14.7. The van der Waals surface area contributed by atoms with E-state index in [1.807, 2.05) is 0 Å². The Morgan fingerprint density at radius 2 is 0.788 bits per heavy atom. The predicted molar refractivity (Wildman–Crippen MR) is 144 cm³/mol. The Morgan fingerprint density at radius 1 is 0.394 bits per heavy atom. The number of hydrogen-bond donors (Lipinski definition) is 0. The van der Waals surface area contributed by atoms with Crippen LogP contribution in [0.4, 0.5) is 0 Å². The summed E-state index contributed by atoms with van der Waals surface area (Å²) in [6.45, 7) is 0. The first-order valence-corrected chi connectivity index (χ1v) is 11.8. The first-order valence-electron chi connectivity index (χ1n) is 10.7. The van der Waals surface area contributed by atoms with Crippen LogP contribution in [0.3, 0.4) is 0 Å². The van der Waals surface area contributed by atoms with Gasteiger partial charge >= 0.3 is 0 Å². The molecule has 0 radical (unpaired) electrons. The molecule has 0 fully saturated rings. The summed E-state index contributed by atoms with van der Waals surface area (Å²) in [7, 11) is 0. The number of aromatic nitrogens is 3. The van der Waals surface area contributed by atoms with E-state index in [1.54, 1.807) is 0 Å². The van der Waals surface area contributed by atoms with E-state index in [2.05, 4.69) is 132 Å². The lowest BCUT2D eigenvalue weighted by molar-refractivity contribution is 1.07. The van der Waals surface area contributed by atoms with E-state index in [1.165, 1.54) is 25.1 Å². The highest BCUT2D eigenvalue weighted by molar-refractivity contribution is 14.1. The average Bonchev–Trinajstić information content (AvgIpc) is 2.88. The molecule has 156 valence electrons. The molecule has 1 heterocycles. The van der Waals surface area contributed by atoms with Gasteiger partial charge in [-0.15, -0.1) is 0 Å². The molecule has 33 heavy (non-hydrogen) atoms. The molecule has 6 aromatic rings. The SMILES string of the molecule is Ic1ccc(-c2nc(-c3ccc4ccccc4c3)nc(-c3ccc4ccccc4c3)n2)cc1. The number of rotatable bonds is 3. The Kier molecular flexibility index (Phi) is 5.07. The molecule has 0 aliphatic rings. The van der Waals surface area contributed by atoms with Gasteiger partial charge in [-0.3, -0.25) is 0 Å². The predicted octanol–water partition coefficient (Wildman–Crippen LogP) is 7.78. The first-order chi connectivity index (χ1) is 16.2. The Balaban J connectivity index is 1.56. The van der Waals surface area contributed by atoms with Crippen LogP contribution in [0, 0.1) is 3.57 Å². The molecular weight excluding hydrogens is 517 g/mol. The van der Waals surface area contributed by atoms with Gasteiger partial charge in [0.1, 0.15) is 0 Å². The van der Waals surface area contributed by atoms with Gasteiger partial charge < -0.3 is 0 Å². The third-order valence-corrected chi connectivity index (χ3v) is 6.47. The summed E-state index contributed by atoms with van der Waals surface area (Å²) in [6, 6.07) is 37.6. The molecule has 0 bridgehead atoms. The molecular formula is C29H18IN3. The average molecular weight is 535 g/mol. The van der Waals surface area contributed by atoms with E-state index in [-0.39, 0.29) is 0 Å². The molecule has 0 saturated heterocycles. The Hall–Kier alpha value is -3.64. The molecule has 5 aromatic carbocycles. The zero-order valence-electron chi connectivity index (χ0n) is 17.6. The largest absolute Gasteiger partial charge is 0.208 e. The van der Waals surface area contributed by atoms with Crippen LogP contribution < -0.4 is 0 Å².